The van der Waals surface area contributed by atoms with E-state index in [2.05, 4.69) is 39.5 Å². The van der Waals surface area contributed by atoms with Gasteiger partial charge in [0.05, 0.1) is 18.5 Å². The Kier molecular flexibility index (Phi) is 3.66. The van der Waals surface area contributed by atoms with Gasteiger partial charge in [0.25, 0.3) is 0 Å². The van der Waals surface area contributed by atoms with Gasteiger partial charge in [-0.25, -0.2) is 9.97 Å². The number of hydrogen-bond donors (Lipinski definition) is 1. The van der Waals surface area contributed by atoms with Crippen molar-refractivity contribution in [2.75, 3.05) is 5.73 Å². The first-order valence-electron chi connectivity index (χ1n) is 4.69. The highest BCUT2D eigenvalue weighted by Gasteiger charge is 2.11. The second kappa shape index (κ2) is 4.85. The number of rotatable bonds is 2. The van der Waals surface area contributed by atoms with Gasteiger partial charge in [-0.1, -0.05) is 18.5 Å². The van der Waals surface area contributed by atoms with E-state index in [0.717, 1.165) is 24.9 Å². The van der Waals surface area contributed by atoms with E-state index >= 15 is 0 Å². The number of nitrogen functional groups attached to an aromatic ring is 1. The zero-order valence-electron chi connectivity index (χ0n) is 8.50. The molecule has 2 N–H and O–H groups in total. The summed E-state index contributed by atoms with van der Waals surface area (Å²) in [5.74, 6) is 1.19. The van der Waals surface area contributed by atoms with Crippen LogP contribution in [0.15, 0.2) is 12.1 Å². The molecule has 2 aromatic heterocycles. The van der Waals surface area contributed by atoms with Crippen LogP contribution >= 0.6 is 45.5 Å². The molecular formula is C10H9ClIN3S. The molecule has 6 heteroatoms. The highest BCUT2D eigenvalue weighted by molar-refractivity contribution is 14.1. The second-order valence-corrected chi connectivity index (χ2v) is 5.94. The summed E-state index contributed by atoms with van der Waals surface area (Å²) in [4.78, 5) is 9.71. The highest BCUT2D eigenvalue weighted by atomic mass is 127. The fourth-order valence-corrected chi connectivity index (χ4v) is 2.89. The number of thiophene rings is 1. The average molecular weight is 366 g/mol. The summed E-state index contributed by atoms with van der Waals surface area (Å²) in [6.07, 6.45) is 0.844. The number of anilines is 1. The Morgan fingerprint density at radius 3 is 2.75 bits per heavy atom. The number of aromatic nitrogens is 2. The third-order valence-corrected chi connectivity index (χ3v) is 4.48. The van der Waals surface area contributed by atoms with Gasteiger partial charge in [-0.05, 0) is 41.1 Å². The van der Waals surface area contributed by atoms with Crippen molar-refractivity contribution in [3.05, 3.63) is 25.7 Å². The lowest BCUT2D eigenvalue weighted by atomic mass is 10.3. The van der Waals surface area contributed by atoms with Crippen molar-refractivity contribution >= 4 is 51.3 Å². The maximum Gasteiger partial charge on any atom is 0.171 e. The zero-order chi connectivity index (χ0) is 11.7. The van der Waals surface area contributed by atoms with Crippen molar-refractivity contribution in [3.63, 3.8) is 0 Å². The Morgan fingerprint density at radius 1 is 1.44 bits per heavy atom. The van der Waals surface area contributed by atoms with Gasteiger partial charge < -0.3 is 5.73 Å². The molecule has 2 rings (SSSR count). The van der Waals surface area contributed by atoms with Crippen LogP contribution in [0.1, 0.15) is 12.6 Å². The molecule has 0 saturated carbocycles. The third-order valence-electron chi connectivity index (χ3n) is 2.07. The van der Waals surface area contributed by atoms with Crippen molar-refractivity contribution in [1.29, 1.82) is 0 Å². The minimum absolute atomic E-state index is 0.534. The molecule has 3 nitrogen and oxygen atoms in total. The van der Waals surface area contributed by atoms with Crippen molar-refractivity contribution in [1.82, 2.24) is 9.97 Å². The first-order valence-corrected chi connectivity index (χ1v) is 6.96. The lowest BCUT2D eigenvalue weighted by molar-refractivity contribution is 0.996. The second-order valence-electron chi connectivity index (χ2n) is 3.15. The first-order chi connectivity index (χ1) is 7.61. The van der Waals surface area contributed by atoms with E-state index in [0.29, 0.717) is 11.6 Å². The van der Waals surface area contributed by atoms with Crippen molar-refractivity contribution in [3.8, 4) is 10.7 Å². The third kappa shape index (κ3) is 2.31. The summed E-state index contributed by atoms with van der Waals surface area (Å²) in [7, 11) is 0. The fraction of sp³-hybridized carbons (Fsp3) is 0.200. The van der Waals surface area contributed by atoms with E-state index < -0.39 is 0 Å². The number of nitrogens with two attached hydrogens (primary N) is 1. The van der Waals surface area contributed by atoms with Gasteiger partial charge >= 0.3 is 0 Å². The predicted octanol–water partition coefficient (Wildman–Crippen LogP) is 3.61. The summed E-state index contributed by atoms with van der Waals surface area (Å²) >= 11 is 9.52. The van der Waals surface area contributed by atoms with Crippen LogP contribution in [0.25, 0.3) is 10.7 Å². The quantitative estimate of drug-likeness (QED) is 0.827. The standard InChI is InChI=1S/C10H9ClIN3S/c1-2-5-8(12)9(13)15-10(14-5)6-3-4-7(11)16-6/h3-4H,2H2,1H3,(H2,13,14,15). The molecule has 0 saturated heterocycles. The molecule has 0 aliphatic rings. The van der Waals surface area contributed by atoms with Crippen LogP contribution in [0.3, 0.4) is 0 Å². The molecule has 0 aromatic carbocycles. The molecule has 0 unspecified atom stereocenters. The SMILES string of the molecule is CCc1nc(-c2ccc(Cl)s2)nc(N)c1I. The summed E-state index contributed by atoms with van der Waals surface area (Å²) in [6.45, 7) is 2.05. The molecule has 0 radical (unpaired) electrons. The van der Waals surface area contributed by atoms with Crippen LogP contribution in [-0.2, 0) is 6.42 Å². The summed E-state index contributed by atoms with van der Waals surface area (Å²) < 4.78 is 1.67. The molecule has 0 atom stereocenters. The van der Waals surface area contributed by atoms with E-state index in [1.807, 2.05) is 12.1 Å². The lowest BCUT2D eigenvalue weighted by Gasteiger charge is -2.05. The molecule has 2 aromatic rings. The van der Waals surface area contributed by atoms with E-state index in [-0.39, 0.29) is 0 Å². The Hall–Kier alpha value is -0.400. The van der Waals surface area contributed by atoms with Gasteiger partial charge in [-0.15, -0.1) is 11.3 Å². The van der Waals surface area contributed by atoms with Crippen molar-refractivity contribution in [2.45, 2.75) is 13.3 Å². The van der Waals surface area contributed by atoms with Crippen LogP contribution in [0.5, 0.6) is 0 Å². The summed E-state index contributed by atoms with van der Waals surface area (Å²) in [5.41, 5.74) is 6.83. The van der Waals surface area contributed by atoms with Crippen LogP contribution in [-0.4, -0.2) is 9.97 Å². The smallest absolute Gasteiger partial charge is 0.171 e. The molecule has 16 heavy (non-hydrogen) atoms. The molecule has 0 bridgehead atoms. The van der Waals surface area contributed by atoms with E-state index in [4.69, 9.17) is 17.3 Å². The zero-order valence-corrected chi connectivity index (χ0v) is 12.2. The Balaban J connectivity index is 2.54. The minimum Gasteiger partial charge on any atom is -0.383 e. The molecule has 0 spiro atoms. The van der Waals surface area contributed by atoms with E-state index in [1.54, 1.807) is 0 Å². The predicted molar refractivity (Wildman–Crippen MR) is 76.9 cm³/mol. The van der Waals surface area contributed by atoms with Crippen LogP contribution in [0, 0.1) is 3.57 Å². The number of aryl methyl sites for hydroxylation is 1. The maximum absolute atomic E-state index is 5.89. The van der Waals surface area contributed by atoms with Gasteiger partial charge in [0.15, 0.2) is 5.82 Å². The van der Waals surface area contributed by atoms with Crippen molar-refractivity contribution in [2.24, 2.45) is 0 Å². The largest absolute Gasteiger partial charge is 0.383 e. The lowest BCUT2D eigenvalue weighted by Crippen LogP contribution is -2.03. The van der Waals surface area contributed by atoms with Gasteiger partial charge in [0, 0.05) is 0 Å². The molecule has 84 valence electrons. The summed E-state index contributed by atoms with van der Waals surface area (Å²) in [5, 5.41) is 0. The monoisotopic (exact) mass is 365 g/mol. The Bertz CT molecular complexity index is 527. The number of hydrogen-bond acceptors (Lipinski definition) is 4. The fourth-order valence-electron chi connectivity index (χ4n) is 1.29. The molecule has 2 heterocycles. The van der Waals surface area contributed by atoms with Crippen LogP contribution in [0.4, 0.5) is 5.82 Å². The highest BCUT2D eigenvalue weighted by Crippen LogP contribution is 2.30. The number of nitrogens with zero attached hydrogens (tertiary/aromatic N) is 2. The Morgan fingerprint density at radius 2 is 2.19 bits per heavy atom. The van der Waals surface area contributed by atoms with Gasteiger partial charge in [0.1, 0.15) is 5.82 Å². The van der Waals surface area contributed by atoms with E-state index in [1.165, 1.54) is 11.3 Å². The molecular weight excluding hydrogens is 357 g/mol. The average Bonchev–Trinajstić information content (AvgIpc) is 2.69. The van der Waals surface area contributed by atoms with Crippen LogP contribution < -0.4 is 5.73 Å². The molecule has 0 aliphatic carbocycles. The number of halogens is 2. The topological polar surface area (TPSA) is 51.8 Å². The maximum atomic E-state index is 5.89. The molecule has 0 aliphatic heterocycles. The normalized spacial score (nSPS) is 10.7. The molecule has 0 amide bonds. The molecule has 0 fully saturated rings. The summed E-state index contributed by atoms with van der Waals surface area (Å²) in [6, 6.07) is 3.75. The van der Waals surface area contributed by atoms with Crippen LogP contribution in [0.2, 0.25) is 4.34 Å². The van der Waals surface area contributed by atoms with Gasteiger partial charge in [0.2, 0.25) is 0 Å². The first kappa shape index (κ1) is 12.1. The van der Waals surface area contributed by atoms with Gasteiger partial charge in [-0.3, -0.25) is 0 Å². The minimum atomic E-state index is 0.534. The van der Waals surface area contributed by atoms with E-state index in [9.17, 15) is 0 Å². The Labute approximate surface area is 116 Å². The van der Waals surface area contributed by atoms with Gasteiger partial charge in [-0.2, -0.15) is 0 Å². The van der Waals surface area contributed by atoms with Crippen molar-refractivity contribution < 1.29 is 0 Å².